The fourth-order valence-corrected chi connectivity index (χ4v) is 3.02. The van der Waals surface area contributed by atoms with Crippen LogP contribution in [0, 0.1) is 11.6 Å². The Morgan fingerprint density at radius 3 is 2.52 bits per heavy atom. The molecule has 0 aliphatic carbocycles. The number of sulfonamides is 1. The Bertz CT molecular complexity index is 817. The highest BCUT2D eigenvalue weighted by Gasteiger charge is 2.21. The minimum absolute atomic E-state index is 0.0496. The van der Waals surface area contributed by atoms with Crippen molar-refractivity contribution >= 4 is 48.9 Å². The second kappa shape index (κ2) is 5.74. The molecule has 0 aliphatic heterocycles. The van der Waals surface area contributed by atoms with Gasteiger partial charge in [0.15, 0.2) is 0 Å². The highest BCUT2D eigenvalue weighted by Crippen LogP contribution is 2.26. The van der Waals surface area contributed by atoms with E-state index in [9.17, 15) is 17.2 Å². The van der Waals surface area contributed by atoms with Gasteiger partial charge in [0.25, 0.3) is 10.0 Å². The summed E-state index contributed by atoms with van der Waals surface area (Å²) in [7, 11) is -4.29. The molecule has 10 heteroatoms. The van der Waals surface area contributed by atoms with Crippen molar-refractivity contribution in [3.8, 4) is 0 Å². The minimum atomic E-state index is -4.29. The van der Waals surface area contributed by atoms with Crippen LogP contribution in [-0.2, 0) is 10.0 Å². The van der Waals surface area contributed by atoms with Crippen molar-refractivity contribution in [1.29, 1.82) is 0 Å². The molecular weight excluding hydrogens is 392 g/mol. The standard InChI is InChI=1S/C11H7BrClF2N3O2S/c12-6-1-5(4-17-11(6)13)18-21(19,20)10-3-9(16)7(14)2-8(10)15/h1-4,18H,16H2. The first-order valence-electron chi connectivity index (χ1n) is 5.29. The molecule has 2 rings (SSSR count). The second-order valence-electron chi connectivity index (χ2n) is 3.91. The highest BCUT2D eigenvalue weighted by atomic mass is 79.9. The summed E-state index contributed by atoms with van der Waals surface area (Å²) >= 11 is 8.75. The molecule has 21 heavy (non-hydrogen) atoms. The van der Waals surface area contributed by atoms with Crippen LogP contribution < -0.4 is 10.5 Å². The lowest BCUT2D eigenvalue weighted by atomic mass is 10.3. The zero-order chi connectivity index (χ0) is 15.8. The summed E-state index contributed by atoms with van der Waals surface area (Å²) in [4.78, 5) is 2.95. The van der Waals surface area contributed by atoms with Crippen molar-refractivity contribution in [2.75, 3.05) is 10.5 Å². The smallest absolute Gasteiger partial charge is 0.264 e. The summed E-state index contributed by atoms with van der Waals surface area (Å²) in [6.45, 7) is 0. The Kier molecular flexibility index (Phi) is 4.35. The largest absolute Gasteiger partial charge is 0.396 e. The van der Waals surface area contributed by atoms with Crippen LogP contribution in [0.25, 0.3) is 0 Å². The summed E-state index contributed by atoms with van der Waals surface area (Å²) in [6.07, 6.45) is 1.15. The van der Waals surface area contributed by atoms with Crippen LogP contribution in [0.4, 0.5) is 20.2 Å². The molecule has 1 aromatic carbocycles. The maximum atomic E-state index is 13.6. The fraction of sp³-hybridized carbons (Fsp3) is 0. The first-order chi connectivity index (χ1) is 9.70. The molecule has 2 aromatic rings. The van der Waals surface area contributed by atoms with Gasteiger partial charge in [0, 0.05) is 6.07 Å². The average molecular weight is 399 g/mol. The number of nitrogens with two attached hydrogens (primary N) is 1. The normalized spacial score (nSPS) is 11.4. The summed E-state index contributed by atoms with van der Waals surface area (Å²) < 4.78 is 53.3. The number of hydrogen-bond donors (Lipinski definition) is 2. The first-order valence-corrected chi connectivity index (χ1v) is 7.94. The number of rotatable bonds is 3. The zero-order valence-electron chi connectivity index (χ0n) is 10.1. The van der Waals surface area contributed by atoms with Gasteiger partial charge < -0.3 is 5.73 Å². The summed E-state index contributed by atoms with van der Waals surface area (Å²) in [6, 6.07) is 2.45. The predicted molar refractivity (Wildman–Crippen MR) is 78.5 cm³/mol. The summed E-state index contributed by atoms with van der Waals surface area (Å²) in [5, 5.41) is 0.134. The molecule has 1 aromatic heterocycles. The van der Waals surface area contributed by atoms with Gasteiger partial charge in [-0.2, -0.15) is 0 Å². The van der Waals surface area contributed by atoms with E-state index in [-0.39, 0.29) is 10.8 Å². The Balaban J connectivity index is 2.43. The minimum Gasteiger partial charge on any atom is -0.396 e. The molecule has 112 valence electrons. The Morgan fingerprint density at radius 1 is 1.24 bits per heavy atom. The van der Waals surface area contributed by atoms with Crippen LogP contribution in [0.1, 0.15) is 0 Å². The van der Waals surface area contributed by atoms with Gasteiger partial charge in [0.2, 0.25) is 0 Å². The van der Waals surface area contributed by atoms with Crippen molar-refractivity contribution in [2.45, 2.75) is 4.90 Å². The van der Waals surface area contributed by atoms with Crippen LogP contribution in [0.5, 0.6) is 0 Å². The Hall–Kier alpha value is -1.45. The maximum absolute atomic E-state index is 13.6. The van der Waals surface area contributed by atoms with E-state index in [0.29, 0.717) is 16.6 Å². The molecule has 0 fully saturated rings. The van der Waals surface area contributed by atoms with E-state index in [1.807, 2.05) is 0 Å². The molecule has 0 amide bonds. The fourth-order valence-electron chi connectivity index (χ4n) is 1.44. The maximum Gasteiger partial charge on any atom is 0.264 e. The second-order valence-corrected chi connectivity index (χ2v) is 6.77. The molecule has 0 unspecified atom stereocenters. The third-order valence-corrected chi connectivity index (χ3v) is 4.92. The molecular formula is C11H7BrClF2N3O2S. The van der Waals surface area contributed by atoms with E-state index < -0.39 is 32.2 Å². The third kappa shape index (κ3) is 3.42. The molecule has 0 radical (unpaired) electrons. The molecule has 0 atom stereocenters. The van der Waals surface area contributed by atoms with Gasteiger partial charge in [-0.15, -0.1) is 0 Å². The number of anilines is 2. The van der Waals surface area contributed by atoms with Gasteiger partial charge >= 0.3 is 0 Å². The number of pyridine rings is 1. The molecule has 5 nitrogen and oxygen atoms in total. The Morgan fingerprint density at radius 2 is 1.90 bits per heavy atom. The monoisotopic (exact) mass is 397 g/mol. The van der Waals surface area contributed by atoms with Crippen LogP contribution in [0.15, 0.2) is 33.8 Å². The molecule has 1 heterocycles. The molecule has 3 N–H and O–H groups in total. The van der Waals surface area contributed by atoms with E-state index in [0.717, 1.165) is 6.20 Å². The Labute approximate surface area is 132 Å². The molecule has 0 spiro atoms. The lowest BCUT2D eigenvalue weighted by Crippen LogP contribution is -2.15. The zero-order valence-corrected chi connectivity index (χ0v) is 13.2. The van der Waals surface area contributed by atoms with E-state index in [2.05, 4.69) is 25.6 Å². The highest BCUT2D eigenvalue weighted by molar-refractivity contribution is 9.10. The number of nitrogen functional groups attached to an aromatic ring is 1. The first kappa shape index (κ1) is 15.9. The molecule has 0 saturated heterocycles. The number of nitrogens with zero attached hydrogens (tertiary/aromatic N) is 1. The van der Waals surface area contributed by atoms with Crippen molar-refractivity contribution < 1.29 is 17.2 Å². The van der Waals surface area contributed by atoms with Gasteiger partial charge in [-0.3, -0.25) is 4.72 Å². The number of halogens is 4. The van der Waals surface area contributed by atoms with Crippen LogP contribution >= 0.6 is 27.5 Å². The molecule has 0 bridgehead atoms. The average Bonchev–Trinajstić information content (AvgIpc) is 2.37. The van der Waals surface area contributed by atoms with Crippen LogP contribution in [-0.4, -0.2) is 13.4 Å². The van der Waals surface area contributed by atoms with E-state index >= 15 is 0 Å². The summed E-state index contributed by atoms with van der Waals surface area (Å²) in [5.74, 6) is -2.29. The van der Waals surface area contributed by atoms with Gasteiger partial charge in [0.05, 0.1) is 22.0 Å². The van der Waals surface area contributed by atoms with Crippen molar-refractivity contribution in [3.05, 3.63) is 45.7 Å². The van der Waals surface area contributed by atoms with Gasteiger partial charge in [-0.25, -0.2) is 22.2 Å². The summed E-state index contributed by atoms with van der Waals surface area (Å²) in [5.41, 5.74) is 4.82. The predicted octanol–water partition coefficient (Wildman–Crippen LogP) is 3.16. The molecule has 0 aliphatic rings. The van der Waals surface area contributed by atoms with Gasteiger partial charge in [-0.05, 0) is 28.1 Å². The van der Waals surface area contributed by atoms with Crippen molar-refractivity contribution in [1.82, 2.24) is 4.98 Å². The van der Waals surface area contributed by atoms with Gasteiger partial charge in [-0.1, -0.05) is 11.6 Å². The van der Waals surface area contributed by atoms with Crippen LogP contribution in [0.3, 0.4) is 0 Å². The SMILES string of the molecule is Nc1cc(S(=O)(=O)Nc2cnc(Cl)c(Br)c2)c(F)cc1F. The third-order valence-electron chi connectivity index (χ3n) is 2.39. The lowest BCUT2D eigenvalue weighted by Gasteiger charge is -2.10. The van der Waals surface area contributed by atoms with Crippen molar-refractivity contribution in [3.63, 3.8) is 0 Å². The van der Waals surface area contributed by atoms with Crippen LogP contribution in [0.2, 0.25) is 5.15 Å². The lowest BCUT2D eigenvalue weighted by molar-refractivity contribution is 0.553. The molecule has 0 saturated carbocycles. The number of nitrogens with one attached hydrogen (secondary N) is 1. The van der Waals surface area contributed by atoms with E-state index in [1.54, 1.807) is 0 Å². The van der Waals surface area contributed by atoms with Crippen molar-refractivity contribution in [2.24, 2.45) is 0 Å². The van der Waals surface area contributed by atoms with Gasteiger partial charge in [0.1, 0.15) is 21.7 Å². The number of aromatic nitrogens is 1. The number of hydrogen-bond acceptors (Lipinski definition) is 4. The topological polar surface area (TPSA) is 85.1 Å². The quantitative estimate of drug-likeness (QED) is 0.614. The van der Waals surface area contributed by atoms with E-state index in [1.165, 1.54) is 6.07 Å². The number of benzene rings is 1. The van der Waals surface area contributed by atoms with E-state index in [4.69, 9.17) is 17.3 Å².